The maximum Gasteiger partial charge on any atom is 0.250 e. The van der Waals surface area contributed by atoms with Crippen molar-refractivity contribution < 1.29 is 4.79 Å². The maximum atomic E-state index is 11.7. The molecule has 5 nitrogen and oxygen atoms in total. The van der Waals surface area contributed by atoms with Crippen molar-refractivity contribution in [1.82, 2.24) is 4.98 Å². The zero-order valence-corrected chi connectivity index (χ0v) is 12.1. The van der Waals surface area contributed by atoms with Crippen molar-refractivity contribution in [2.24, 2.45) is 16.6 Å². The predicted octanol–water partition coefficient (Wildman–Crippen LogP) is 2.29. The van der Waals surface area contributed by atoms with Gasteiger partial charge in [-0.05, 0) is 36.6 Å². The second kappa shape index (κ2) is 4.94. The minimum atomic E-state index is -0.405. The number of nitrogens with two attached hydrogens (primary N) is 1. The second-order valence-electron chi connectivity index (χ2n) is 5.70. The molecule has 4 rings (SSSR count). The van der Waals surface area contributed by atoms with Gasteiger partial charge in [0.2, 0.25) is 0 Å². The van der Waals surface area contributed by atoms with Crippen molar-refractivity contribution >= 4 is 23.1 Å². The Balaban J connectivity index is 1.80. The quantitative estimate of drug-likeness (QED) is 0.923. The number of amidine groups is 1. The van der Waals surface area contributed by atoms with Crippen LogP contribution >= 0.6 is 0 Å². The highest BCUT2D eigenvalue weighted by molar-refractivity contribution is 6.09. The topological polar surface area (TPSA) is 71.6 Å². The molecule has 1 aromatic carbocycles. The highest BCUT2D eigenvalue weighted by Gasteiger charge is 2.35. The number of fused-ring (bicyclic) bond motifs is 2. The average molecular weight is 292 g/mol. The molecule has 22 heavy (non-hydrogen) atoms. The van der Waals surface area contributed by atoms with E-state index < -0.39 is 5.91 Å². The minimum absolute atomic E-state index is 0.399. The Morgan fingerprint density at radius 3 is 3.00 bits per heavy atom. The lowest BCUT2D eigenvalue weighted by Gasteiger charge is -2.26. The molecule has 1 aromatic heterocycles. The summed E-state index contributed by atoms with van der Waals surface area (Å²) >= 11 is 0. The van der Waals surface area contributed by atoms with Crippen molar-refractivity contribution in [3.05, 3.63) is 53.9 Å². The molecule has 2 aliphatic rings. The lowest BCUT2D eigenvalue weighted by molar-refractivity contribution is 0.100. The molecule has 0 bridgehead atoms. The molecule has 0 radical (unpaired) electrons. The molecule has 5 heteroatoms. The summed E-state index contributed by atoms with van der Waals surface area (Å²) < 4.78 is 0. The Hall–Kier alpha value is -2.69. The van der Waals surface area contributed by atoms with Gasteiger partial charge in [-0.15, -0.1) is 0 Å². The number of benzene rings is 1. The molecule has 1 atom stereocenters. The van der Waals surface area contributed by atoms with Crippen molar-refractivity contribution in [2.45, 2.75) is 12.8 Å². The van der Waals surface area contributed by atoms with Crippen molar-refractivity contribution in [1.29, 1.82) is 0 Å². The fourth-order valence-corrected chi connectivity index (χ4v) is 3.33. The summed E-state index contributed by atoms with van der Waals surface area (Å²) in [6.45, 7) is 0.856. The Morgan fingerprint density at radius 2 is 2.14 bits per heavy atom. The van der Waals surface area contributed by atoms with E-state index in [1.165, 1.54) is 5.56 Å². The molecule has 1 unspecified atom stereocenters. The van der Waals surface area contributed by atoms with Crippen LogP contribution in [0.1, 0.15) is 22.3 Å². The molecule has 0 saturated carbocycles. The lowest BCUT2D eigenvalue weighted by atomic mass is 9.95. The number of carbonyl (C=O) groups excluding carboxylic acids is 1. The second-order valence-corrected chi connectivity index (χ2v) is 5.70. The van der Waals surface area contributed by atoms with Crippen molar-refractivity contribution in [3.63, 3.8) is 0 Å². The summed E-state index contributed by atoms with van der Waals surface area (Å²) in [5.41, 5.74) is 9.08. The van der Waals surface area contributed by atoms with Crippen LogP contribution in [0.2, 0.25) is 0 Å². The van der Waals surface area contributed by atoms with Gasteiger partial charge in [0.15, 0.2) is 0 Å². The Morgan fingerprint density at radius 1 is 1.27 bits per heavy atom. The third kappa shape index (κ3) is 1.97. The van der Waals surface area contributed by atoms with E-state index in [4.69, 9.17) is 10.7 Å². The van der Waals surface area contributed by atoms with Gasteiger partial charge in [-0.2, -0.15) is 0 Å². The van der Waals surface area contributed by atoms with Crippen molar-refractivity contribution in [3.8, 4) is 0 Å². The molecule has 1 amide bonds. The average Bonchev–Trinajstić information content (AvgIpc) is 2.95. The number of pyridine rings is 1. The number of rotatable bonds is 2. The number of carbonyl (C=O) groups is 1. The molecule has 0 spiro atoms. The minimum Gasteiger partial charge on any atom is -0.366 e. The highest BCUT2D eigenvalue weighted by Crippen LogP contribution is 2.37. The number of nitrogens with zero attached hydrogens (tertiary/aromatic N) is 3. The van der Waals surface area contributed by atoms with Crippen LogP contribution in [0.3, 0.4) is 0 Å². The molecule has 3 heterocycles. The van der Waals surface area contributed by atoms with Gasteiger partial charge in [-0.25, -0.2) is 4.99 Å². The fourth-order valence-electron chi connectivity index (χ4n) is 3.33. The number of amides is 1. The van der Waals surface area contributed by atoms with Crippen LogP contribution in [-0.2, 0) is 6.42 Å². The van der Waals surface area contributed by atoms with Crippen LogP contribution in [0, 0.1) is 5.92 Å². The van der Waals surface area contributed by atoms with Crippen LogP contribution < -0.4 is 10.6 Å². The first-order valence-electron chi connectivity index (χ1n) is 7.42. The summed E-state index contributed by atoms with van der Waals surface area (Å²) in [6, 6.07) is 9.50. The summed E-state index contributed by atoms with van der Waals surface area (Å²) in [4.78, 5) is 22.8. The van der Waals surface area contributed by atoms with Crippen molar-refractivity contribution in [2.75, 3.05) is 11.4 Å². The Kier molecular flexibility index (Phi) is 2.92. The number of hydrogen-bond acceptors (Lipinski definition) is 4. The van der Waals surface area contributed by atoms with Gasteiger partial charge in [0.25, 0.3) is 5.91 Å². The van der Waals surface area contributed by atoms with E-state index in [9.17, 15) is 4.79 Å². The first-order valence-corrected chi connectivity index (χ1v) is 7.42. The van der Waals surface area contributed by atoms with E-state index in [2.05, 4.69) is 9.88 Å². The number of aromatic nitrogens is 1. The van der Waals surface area contributed by atoms with Gasteiger partial charge in [-0.1, -0.05) is 12.1 Å². The van der Waals surface area contributed by atoms with Crippen LogP contribution in [0.25, 0.3) is 0 Å². The van der Waals surface area contributed by atoms with Gasteiger partial charge < -0.3 is 10.6 Å². The molecular weight excluding hydrogens is 276 g/mol. The predicted molar refractivity (Wildman–Crippen MR) is 85.4 cm³/mol. The van der Waals surface area contributed by atoms with Gasteiger partial charge >= 0.3 is 0 Å². The zero-order valence-electron chi connectivity index (χ0n) is 12.1. The zero-order chi connectivity index (χ0) is 15.1. The number of aliphatic imine (C=N–C) groups is 1. The first kappa shape index (κ1) is 13.0. The molecule has 2 N–H and O–H groups in total. The van der Waals surface area contributed by atoms with E-state index in [1.54, 1.807) is 12.3 Å². The first-order chi connectivity index (χ1) is 10.7. The number of hydrogen-bond donors (Lipinski definition) is 1. The van der Waals surface area contributed by atoms with Crippen LogP contribution in [0.5, 0.6) is 0 Å². The maximum absolute atomic E-state index is 11.7. The highest BCUT2D eigenvalue weighted by atomic mass is 16.1. The monoisotopic (exact) mass is 292 g/mol. The number of para-hydroxylation sites is 1. The molecule has 1 fully saturated rings. The molecule has 0 aliphatic carbocycles. The van der Waals surface area contributed by atoms with Crippen LogP contribution in [-0.4, -0.2) is 23.3 Å². The lowest BCUT2D eigenvalue weighted by Crippen LogP contribution is -2.31. The van der Waals surface area contributed by atoms with Gasteiger partial charge in [0, 0.05) is 18.7 Å². The molecule has 1 saturated heterocycles. The largest absolute Gasteiger partial charge is 0.366 e. The van der Waals surface area contributed by atoms with E-state index in [0.717, 1.165) is 36.6 Å². The normalized spacial score (nSPS) is 19.4. The summed E-state index contributed by atoms with van der Waals surface area (Å²) in [6.07, 6.45) is 5.63. The summed E-state index contributed by atoms with van der Waals surface area (Å²) in [5.74, 6) is 1.02. The molecule has 2 aromatic rings. The van der Waals surface area contributed by atoms with Crippen LogP contribution in [0.4, 0.5) is 11.4 Å². The fraction of sp³-hybridized carbons (Fsp3) is 0.235. The summed E-state index contributed by atoms with van der Waals surface area (Å²) in [7, 11) is 0. The number of primary amides is 1. The molecule has 110 valence electrons. The summed E-state index contributed by atoms with van der Waals surface area (Å²) in [5, 5.41) is 0. The third-order valence-corrected chi connectivity index (χ3v) is 4.39. The van der Waals surface area contributed by atoms with Gasteiger partial charge in [-0.3, -0.25) is 9.78 Å². The molecule has 2 aliphatic heterocycles. The Bertz CT molecular complexity index is 784. The molecular formula is C17H16N4O. The van der Waals surface area contributed by atoms with Gasteiger partial charge in [0.05, 0.1) is 23.1 Å². The van der Waals surface area contributed by atoms with Crippen LogP contribution in [0.15, 0.2) is 47.7 Å². The van der Waals surface area contributed by atoms with Gasteiger partial charge in [0.1, 0.15) is 5.84 Å². The van der Waals surface area contributed by atoms with E-state index in [1.807, 2.05) is 30.5 Å². The van der Waals surface area contributed by atoms with E-state index >= 15 is 0 Å². The number of anilines is 1. The van der Waals surface area contributed by atoms with E-state index in [0.29, 0.717) is 11.5 Å². The Labute approximate surface area is 128 Å². The third-order valence-electron chi connectivity index (χ3n) is 4.39. The van der Waals surface area contributed by atoms with E-state index in [-0.39, 0.29) is 0 Å². The smallest absolute Gasteiger partial charge is 0.250 e. The standard InChI is InChI=1S/C17H16N4O/c18-16(22)13-3-1-2-4-15(13)21-8-6-12-9-11-5-7-19-10-14(11)20-17(12)21/h1-5,7,10,12H,6,8-9H2,(H2,18,22). The SMILES string of the molecule is NC(=O)c1ccccc1N1CCC2Cc3ccncc3N=C21.